The van der Waals surface area contributed by atoms with Gasteiger partial charge in [0.25, 0.3) is 5.91 Å². The van der Waals surface area contributed by atoms with Crippen LogP contribution in [0, 0.1) is 5.41 Å². The first-order valence-electron chi connectivity index (χ1n) is 13.3. The van der Waals surface area contributed by atoms with Crippen molar-refractivity contribution < 1.29 is 23.9 Å². The lowest BCUT2D eigenvalue weighted by Crippen LogP contribution is -2.53. The number of piperazine rings is 1. The van der Waals surface area contributed by atoms with Crippen molar-refractivity contribution in [2.24, 2.45) is 0 Å². The van der Waals surface area contributed by atoms with E-state index in [0.717, 1.165) is 37.0 Å². The molecule has 3 aromatic rings. The van der Waals surface area contributed by atoms with Crippen LogP contribution in [0.15, 0.2) is 66.7 Å². The van der Waals surface area contributed by atoms with Crippen LogP contribution in [0.3, 0.4) is 0 Å². The van der Waals surface area contributed by atoms with Crippen molar-refractivity contribution >= 4 is 40.3 Å². The van der Waals surface area contributed by atoms with Crippen LogP contribution >= 0.6 is 0 Å². The summed E-state index contributed by atoms with van der Waals surface area (Å²) in [7, 11) is 1.40. The first-order chi connectivity index (χ1) is 19.3. The molecule has 3 aromatic carbocycles. The number of hydrogen-bond acceptors (Lipinski definition) is 8. The molecule has 5 rings (SSSR count). The van der Waals surface area contributed by atoms with E-state index in [0.29, 0.717) is 29.9 Å². The average molecular weight is 544 g/mol. The molecule has 0 bridgehead atoms. The van der Waals surface area contributed by atoms with E-state index in [-0.39, 0.29) is 29.9 Å². The van der Waals surface area contributed by atoms with Gasteiger partial charge in [-0.3, -0.25) is 29.7 Å². The summed E-state index contributed by atoms with van der Waals surface area (Å²) in [5.74, 6) is -0.610. The largest absolute Gasteiger partial charge is 0.468 e. The molecule has 2 N–H and O–H groups in total. The number of hydrogen-bond donors (Lipinski definition) is 2. The Morgan fingerprint density at radius 3 is 2.38 bits per heavy atom. The molecule has 0 saturated carbocycles. The number of amides is 2. The van der Waals surface area contributed by atoms with Crippen molar-refractivity contribution in [3.05, 3.63) is 77.9 Å². The predicted octanol–water partition coefficient (Wildman–Crippen LogP) is 3.10. The molecule has 10 heteroatoms. The average Bonchev–Trinajstić information content (AvgIpc) is 3.35. The zero-order chi connectivity index (χ0) is 28.2. The molecule has 0 aromatic heterocycles. The number of cyclic esters (lactones) is 1. The SMILES string of the molecule is COC(=O)C(C)N1CCN(CC2CN(c3ccc(C(=N)NC(=O)c4ccc5ccccc5c4)cc3)C(=O)O2)CC1. The smallest absolute Gasteiger partial charge is 0.414 e. The van der Waals surface area contributed by atoms with Crippen molar-refractivity contribution in [3.8, 4) is 0 Å². The van der Waals surface area contributed by atoms with Crippen LogP contribution in [-0.2, 0) is 14.3 Å². The Hall–Kier alpha value is -4.28. The number of carbonyl (C=O) groups excluding carboxylic acids is 3. The number of nitrogens with zero attached hydrogens (tertiary/aromatic N) is 3. The second-order valence-corrected chi connectivity index (χ2v) is 10.1. The highest BCUT2D eigenvalue weighted by atomic mass is 16.6. The van der Waals surface area contributed by atoms with Crippen molar-refractivity contribution in [1.82, 2.24) is 15.1 Å². The lowest BCUT2D eigenvalue weighted by Gasteiger charge is -2.37. The van der Waals surface area contributed by atoms with Gasteiger partial charge in [-0.25, -0.2) is 4.79 Å². The molecular formula is C30H33N5O5. The number of amidine groups is 1. The number of benzene rings is 3. The molecule has 0 spiro atoms. The van der Waals surface area contributed by atoms with Gasteiger partial charge < -0.3 is 14.8 Å². The maximum atomic E-state index is 12.7. The van der Waals surface area contributed by atoms with Gasteiger partial charge in [0.2, 0.25) is 0 Å². The minimum Gasteiger partial charge on any atom is -0.468 e. The van der Waals surface area contributed by atoms with E-state index in [9.17, 15) is 14.4 Å². The maximum Gasteiger partial charge on any atom is 0.414 e. The quantitative estimate of drug-likeness (QED) is 0.267. The Morgan fingerprint density at radius 2 is 1.68 bits per heavy atom. The molecule has 10 nitrogen and oxygen atoms in total. The van der Waals surface area contributed by atoms with Crippen molar-refractivity contribution in [3.63, 3.8) is 0 Å². The van der Waals surface area contributed by atoms with Crippen LogP contribution in [0.25, 0.3) is 10.8 Å². The normalized spacial score (nSPS) is 18.8. The summed E-state index contributed by atoms with van der Waals surface area (Å²) in [6.45, 7) is 5.92. The van der Waals surface area contributed by atoms with Gasteiger partial charge in [0.15, 0.2) is 0 Å². The zero-order valence-corrected chi connectivity index (χ0v) is 22.6. The van der Waals surface area contributed by atoms with E-state index in [1.807, 2.05) is 37.3 Å². The summed E-state index contributed by atoms with van der Waals surface area (Å²) in [5, 5.41) is 13.0. The lowest BCUT2D eigenvalue weighted by atomic mass is 10.1. The highest BCUT2D eigenvalue weighted by Crippen LogP contribution is 2.23. The van der Waals surface area contributed by atoms with Crippen LogP contribution in [0.5, 0.6) is 0 Å². The van der Waals surface area contributed by atoms with E-state index >= 15 is 0 Å². The van der Waals surface area contributed by atoms with Crippen LogP contribution in [0.2, 0.25) is 0 Å². The maximum absolute atomic E-state index is 12.7. The third kappa shape index (κ3) is 5.98. The van der Waals surface area contributed by atoms with Gasteiger partial charge in [0.05, 0.1) is 13.7 Å². The molecule has 208 valence electrons. The number of ether oxygens (including phenoxy) is 2. The fraction of sp³-hybridized carbons (Fsp3) is 0.333. The number of methoxy groups -OCH3 is 1. The van der Waals surface area contributed by atoms with Crippen LogP contribution in [-0.4, -0.2) is 92.1 Å². The number of fused-ring (bicyclic) bond motifs is 1. The molecule has 0 aliphatic carbocycles. The third-order valence-electron chi connectivity index (χ3n) is 7.55. The highest BCUT2D eigenvalue weighted by molar-refractivity contribution is 6.12. The highest BCUT2D eigenvalue weighted by Gasteiger charge is 2.35. The van der Waals surface area contributed by atoms with E-state index < -0.39 is 6.09 Å². The van der Waals surface area contributed by atoms with Gasteiger partial charge in [-0.1, -0.05) is 30.3 Å². The second kappa shape index (κ2) is 11.8. The molecule has 2 heterocycles. The van der Waals surface area contributed by atoms with E-state index in [1.165, 1.54) is 7.11 Å². The monoisotopic (exact) mass is 543 g/mol. The first-order valence-corrected chi connectivity index (χ1v) is 13.3. The topological polar surface area (TPSA) is 115 Å². The molecular weight excluding hydrogens is 510 g/mol. The Labute approximate surface area is 232 Å². The third-order valence-corrected chi connectivity index (χ3v) is 7.55. The predicted molar refractivity (Wildman–Crippen MR) is 152 cm³/mol. The minimum absolute atomic E-state index is 0.0211. The molecule has 2 saturated heterocycles. The molecule has 0 radical (unpaired) electrons. The zero-order valence-electron chi connectivity index (χ0n) is 22.6. The Kier molecular flexibility index (Phi) is 8.09. The van der Waals surface area contributed by atoms with Crippen LogP contribution in [0.4, 0.5) is 10.5 Å². The fourth-order valence-corrected chi connectivity index (χ4v) is 5.16. The summed E-state index contributed by atoms with van der Waals surface area (Å²) >= 11 is 0. The number of rotatable bonds is 7. The molecule has 2 aliphatic rings. The molecule has 2 amide bonds. The minimum atomic E-state index is -0.407. The van der Waals surface area contributed by atoms with Crippen molar-refractivity contribution in [2.45, 2.75) is 19.1 Å². The van der Waals surface area contributed by atoms with Gasteiger partial charge in [-0.15, -0.1) is 0 Å². The number of nitrogens with one attached hydrogen (secondary N) is 2. The summed E-state index contributed by atoms with van der Waals surface area (Å²) in [6, 6.07) is 19.9. The van der Waals surface area contributed by atoms with Crippen molar-refractivity contribution in [2.75, 3.05) is 51.3 Å². The second-order valence-electron chi connectivity index (χ2n) is 10.1. The Balaban J connectivity index is 1.13. The van der Waals surface area contributed by atoms with E-state index in [2.05, 4.69) is 15.1 Å². The van der Waals surface area contributed by atoms with Crippen LogP contribution in [0.1, 0.15) is 22.8 Å². The van der Waals surface area contributed by atoms with Gasteiger partial charge in [-0.2, -0.15) is 0 Å². The number of carbonyl (C=O) groups is 3. The Morgan fingerprint density at radius 1 is 1.00 bits per heavy atom. The fourth-order valence-electron chi connectivity index (χ4n) is 5.16. The Bertz CT molecular complexity index is 1420. The molecule has 2 fully saturated rings. The molecule has 40 heavy (non-hydrogen) atoms. The van der Waals surface area contributed by atoms with Gasteiger partial charge in [-0.05, 0) is 54.1 Å². The van der Waals surface area contributed by atoms with Gasteiger partial charge >= 0.3 is 12.1 Å². The van der Waals surface area contributed by atoms with E-state index in [1.54, 1.807) is 41.3 Å². The molecule has 2 unspecified atom stereocenters. The lowest BCUT2D eigenvalue weighted by molar-refractivity contribution is -0.147. The first kappa shape index (κ1) is 27.3. The summed E-state index contributed by atoms with van der Waals surface area (Å²) in [5.41, 5.74) is 1.67. The summed E-state index contributed by atoms with van der Waals surface area (Å²) in [6.07, 6.45) is -0.674. The van der Waals surface area contributed by atoms with E-state index in [4.69, 9.17) is 14.9 Å². The summed E-state index contributed by atoms with van der Waals surface area (Å²) in [4.78, 5) is 43.1. The van der Waals surface area contributed by atoms with Gasteiger partial charge in [0, 0.05) is 49.5 Å². The van der Waals surface area contributed by atoms with Crippen LogP contribution < -0.4 is 10.2 Å². The molecule has 2 aliphatic heterocycles. The number of anilines is 1. The number of esters is 1. The van der Waals surface area contributed by atoms with Crippen molar-refractivity contribution in [1.29, 1.82) is 5.41 Å². The summed E-state index contributed by atoms with van der Waals surface area (Å²) < 4.78 is 10.5. The standard InChI is InChI=1S/C30H33N5O5/c1-20(29(37)39-2)34-15-13-33(14-16-34)18-26-19-35(30(38)40-26)25-11-9-22(10-12-25)27(31)32-28(36)24-8-7-21-5-3-4-6-23(21)17-24/h3-12,17,20,26H,13-16,18-19H2,1-2H3,(H2,31,32,36). The van der Waals surface area contributed by atoms with Gasteiger partial charge in [0.1, 0.15) is 18.0 Å². The molecule has 2 atom stereocenters.